The van der Waals surface area contributed by atoms with Gasteiger partial charge in [0.15, 0.2) is 17.5 Å². The quantitative estimate of drug-likeness (QED) is 0.254. The number of aliphatic hydroxyl groups is 1. The monoisotopic (exact) mass is 574 g/mol. The normalized spacial score (nSPS) is 16.1. The highest BCUT2D eigenvalue weighted by atomic mass is 127. The molecule has 0 bridgehead atoms. The number of hydrogen-bond donors (Lipinski definition) is 3. The van der Waals surface area contributed by atoms with Gasteiger partial charge in [0.1, 0.15) is 11.9 Å². The van der Waals surface area contributed by atoms with Crippen molar-refractivity contribution in [3.8, 4) is 5.75 Å². The Morgan fingerprint density at radius 3 is 2.55 bits per heavy atom. The second-order valence-electron chi connectivity index (χ2n) is 7.92. The van der Waals surface area contributed by atoms with E-state index in [9.17, 15) is 13.9 Å². The molecule has 3 N–H and O–H groups in total. The minimum atomic E-state index is -1.00. The van der Waals surface area contributed by atoms with E-state index in [1.807, 2.05) is 13.0 Å². The van der Waals surface area contributed by atoms with Crippen LogP contribution in [0.2, 0.25) is 0 Å². The smallest absolute Gasteiger partial charge is 0.191 e. The van der Waals surface area contributed by atoms with Gasteiger partial charge in [0, 0.05) is 37.8 Å². The van der Waals surface area contributed by atoms with E-state index in [1.54, 1.807) is 24.3 Å². The number of aliphatic imine (C=N–C) groups is 1. The number of benzene rings is 2. The second kappa shape index (κ2) is 13.7. The lowest BCUT2D eigenvalue weighted by molar-refractivity contribution is 0.181. The van der Waals surface area contributed by atoms with Crippen LogP contribution in [0.4, 0.5) is 8.78 Å². The topological polar surface area (TPSA) is 69.1 Å². The number of likely N-dealkylation sites (tertiary alicyclic amines) is 1. The summed E-state index contributed by atoms with van der Waals surface area (Å²) < 4.78 is 32.8. The molecule has 182 valence electrons. The number of hydrogen-bond acceptors (Lipinski definition) is 4. The summed E-state index contributed by atoms with van der Waals surface area (Å²) in [5.41, 5.74) is 1.17. The van der Waals surface area contributed by atoms with Gasteiger partial charge < -0.3 is 20.5 Å². The molecule has 33 heavy (non-hydrogen) atoms. The molecule has 1 heterocycles. The fraction of sp³-hybridized carbons (Fsp3) is 0.458. The fourth-order valence-corrected chi connectivity index (χ4v) is 3.84. The Hall–Kier alpha value is -1.98. The van der Waals surface area contributed by atoms with Crippen LogP contribution in [0, 0.1) is 11.6 Å². The van der Waals surface area contributed by atoms with Gasteiger partial charge >= 0.3 is 0 Å². The molecule has 0 radical (unpaired) electrons. The van der Waals surface area contributed by atoms with Crippen molar-refractivity contribution in [2.24, 2.45) is 4.99 Å². The van der Waals surface area contributed by atoms with Gasteiger partial charge in [-0.2, -0.15) is 0 Å². The van der Waals surface area contributed by atoms with Crippen molar-refractivity contribution in [3.63, 3.8) is 0 Å². The molecule has 1 saturated heterocycles. The Morgan fingerprint density at radius 2 is 1.91 bits per heavy atom. The van der Waals surface area contributed by atoms with Gasteiger partial charge in [0.2, 0.25) is 0 Å². The van der Waals surface area contributed by atoms with Crippen molar-refractivity contribution in [1.29, 1.82) is 0 Å². The zero-order valence-electron chi connectivity index (χ0n) is 19.1. The molecule has 1 unspecified atom stereocenters. The lowest BCUT2D eigenvalue weighted by Crippen LogP contribution is -2.48. The van der Waals surface area contributed by atoms with Gasteiger partial charge in [0.25, 0.3) is 0 Å². The molecule has 9 heteroatoms. The predicted octanol–water partition coefficient (Wildman–Crippen LogP) is 3.84. The molecule has 0 saturated carbocycles. The zero-order chi connectivity index (χ0) is 22.9. The number of nitrogens with zero attached hydrogens (tertiary/aromatic N) is 2. The fourth-order valence-electron chi connectivity index (χ4n) is 3.84. The summed E-state index contributed by atoms with van der Waals surface area (Å²) in [6, 6.07) is 11.5. The van der Waals surface area contributed by atoms with Crippen molar-refractivity contribution in [3.05, 3.63) is 65.2 Å². The first-order valence-electron chi connectivity index (χ1n) is 11.0. The van der Waals surface area contributed by atoms with Crippen LogP contribution in [0.3, 0.4) is 0 Å². The summed E-state index contributed by atoms with van der Waals surface area (Å²) in [7, 11) is 1.46. The average Bonchev–Trinajstić information content (AvgIpc) is 2.79. The summed E-state index contributed by atoms with van der Waals surface area (Å²) in [5, 5.41) is 16.9. The molecule has 1 aliphatic rings. The predicted molar refractivity (Wildman–Crippen MR) is 137 cm³/mol. The molecule has 0 amide bonds. The molecule has 2 aromatic rings. The van der Waals surface area contributed by atoms with Crippen LogP contribution in [-0.2, 0) is 6.54 Å². The summed E-state index contributed by atoms with van der Waals surface area (Å²) in [5.74, 6) is 0.0912. The molecular formula is C24H33F2IN4O2. The highest BCUT2D eigenvalue weighted by molar-refractivity contribution is 14.0. The molecule has 3 rings (SSSR count). The molecule has 0 aromatic heterocycles. The first-order valence-corrected chi connectivity index (χ1v) is 11.0. The lowest BCUT2D eigenvalue weighted by Gasteiger charge is -2.33. The second-order valence-corrected chi connectivity index (χ2v) is 7.92. The van der Waals surface area contributed by atoms with E-state index in [4.69, 9.17) is 4.74 Å². The van der Waals surface area contributed by atoms with Gasteiger partial charge in [-0.15, -0.1) is 24.0 Å². The van der Waals surface area contributed by atoms with Crippen LogP contribution in [-0.4, -0.2) is 55.3 Å². The minimum absolute atomic E-state index is 0. The lowest BCUT2D eigenvalue weighted by atomic mass is 10.0. The molecular weight excluding hydrogens is 541 g/mol. The van der Waals surface area contributed by atoms with Crippen LogP contribution in [0.1, 0.15) is 37.0 Å². The van der Waals surface area contributed by atoms with Crippen LogP contribution in [0.5, 0.6) is 5.75 Å². The number of methoxy groups -OCH3 is 1. The first-order chi connectivity index (χ1) is 15.5. The molecule has 1 fully saturated rings. The summed E-state index contributed by atoms with van der Waals surface area (Å²) >= 11 is 0. The summed E-state index contributed by atoms with van der Waals surface area (Å²) in [6.45, 7) is 5.17. The van der Waals surface area contributed by atoms with E-state index in [0.29, 0.717) is 19.0 Å². The summed E-state index contributed by atoms with van der Waals surface area (Å²) in [6.07, 6.45) is 0.830. The van der Waals surface area contributed by atoms with Gasteiger partial charge in [-0.3, -0.25) is 9.89 Å². The number of nitrogens with one attached hydrogen (secondary N) is 2. The van der Waals surface area contributed by atoms with Gasteiger partial charge in [-0.25, -0.2) is 8.78 Å². The maximum atomic E-state index is 13.9. The first kappa shape index (κ1) is 27.3. The zero-order valence-corrected chi connectivity index (χ0v) is 21.4. The summed E-state index contributed by atoms with van der Waals surface area (Å²) in [4.78, 5) is 6.75. The Balaban J connectivity index is 0.00000385. The Morgan fingerprint density at radius 1 is 1.18 bits per heavy atom. The van der Waals surface area contributed by atoms with Crippen LogP contribution in [0.15, 0.2) is 47.5 Å². The van der Waals surface area contributed by atoms with Crippen molar-refractivity contribution >= 4 is 29.9 Å². The highest BCUT2D eigenvalue weighted by Crippen LogP contribution is 2.20. The largest absolute Gasteiger partial charge is 0.494 e. The third-order valence-corrected chi connectivity index (χ3v) is 5.58. The van der Waals surface area contributed by atoms with E-state index < -0.39 is 11.9 Å². The van der Waals surface area contributed by atoms with Crippen molar-refractivity contribution in [1.82, 2.24) is 15.5 Å². The van der Waals surface area contributed by atoms with Crippen LogP contribution < -0.4 is 15.4 Å². The Bertz CT molecular complexity index is 908. The van der Waals surface area contributed by atoms with E-state index in [-0.39, 0.29) is 53.7 Å². The van der Waals surface area contributed by atoms with Crippen molar-refractivity contribution in [2.45, 2.75) is 38.5 Å². The van der Waals surface area contributed by atoms with E-state index >= 15 is 0 Å². The Kier molecular flexibility index (Phi) is 11.3. The maximum Gasteiger partial charge on any atom is 0.191 e. The molecule has 2 aromatic carbocycles. The third-order valence-electron chi connectivity index (χ3n) is 5.58. The molecule has 6 nitrogen and oxygen atoms in total. The Labute approximate surface area is 211 Å². The average molecular weight is 574 g/mol. The number of ether oxygens (including phenoxy) is 1. The SMILES string of the molecule is CCNC(=NCC(O)c1ccccc1F)NC1CCN(Cc2ccc(OC)c(F)c2)CC1.I. The molecule has 1 atom stereocenters. The molecule has 0 spiro atoms. The highest BCUT2D eigenvalue weighted by Gasteiger charge is 2.21. The molecule has 1 aliphatic heterocycles. The minimum Gasteiger partial charge on any atom is -0.494 e. The van der Waals surface area contributed by atoms with Crippen LogP contribution in [0.25, 0.3) is 0 Å². The maximum absolute atomic E-state index is 13.9. The standard InChI is InChI=1S/C24H32F2N4O2.HI/c1-3-27-24(28-15-22(31)19-6-4-5-7-20(19)25)29-18-10-12-30(13-11-18)16-17-8-9-23(32-2)21(26)14-17;/h4-9,14,18,22,31H,3,10-13,15-16H2,1-2H3,(H2,27,28,29);1H. The van der Waals surface area contributed by atoms with E-state index in [2.05, 4.69) is 20.5 Å². The number of aliphatic hydroxyl groups excluding tert-OH is 1. The number of piperidine rings is 1. The van der Waals surface area contributed by atoms with E-state index in [0.717, 1.165) is 31.5 Å². The number of rotatable bonds is 8. The van der Waals surface area contributed by atoms with E-state index in [1.165, 1.54) is 19.2 Å². The van der Waals surface area contributed by atoms with Crippen molar-refractivity contribution in [2.75, 3.05) is 33.3 Å². The number of halogens is 3. The number of guanidine groups is 1. The van der Waals surface area contributed by atoms with Gasteiger partial charge in [-0.05, 0) is 43.5 Å². The van der Waals surface area contributed by atoms with Crippen LogP contribution >= 0.6 is 24.0 Å². The van der Waals surface area contributed by atoms with Gasteiger partial charge in [-0.1, -0.05) is 24.3 Å². The molecule has 0 aliphatic carbocycles. The van der Waals surface area contributed by atoms with Crippen molar-refractivity contribution < 1.29 is 18.6 Å². The van der Waals surface area contributed by atoms with Gasteiger partial charge in [0.05, 0.1) is 13.7 Å². The third kappa shape index (κ3) is 8.08.